The lowest BCUT2D eigenvalue weighted by atomic mass is 10.1. The fraction of sp³-hybridized carbons (Fsp3) is 0.167. The van der Waals surface area contributed by atoms with Crippen LogP contribution in [0, 0.1) is 6.92 Å². The Morgan fingerprint density at radius 2 is 2.06 bits per heavy atom. The number of aromatic nitrogens is 2. The van der Waals surface area contributed by atoms with E-state index in [0.717, 1.165) is 5.56 Å². The van der Waals surface area contributed by atoms with Crippen molar-refractivity contribution in [2.45, 2.75) is 13.3 Å². The summed E-state index contributed by atoms with van der Waals surface area (Å²) in [4.78, 5) is 18.4. The van der Waals surface area contributed by atoms with Gasteiger partial charge in [0.2, 0.25) is 0 Å². The standard InChI is InChI=1S/C12H11Cl2N3O/c1-6-11(15)16-10(17-12(6)18)5-7-2-3-8(13)9(14)4-7/h2-4H,5H2,1H3,(H3,15,16,17,18). The van der Waals surface area contributed by atoms with Crippen molar-refractivity contribution in [3.8, 4) is 0 Å². The molecule has 3 N–H and O–H groups in total. The maximum atomic E-state index is 11.5. The molecule has 4 nitrogen and oxygen atoms in total. The minimum absolute atomic E-state index is 0.224. The highest BCUT2D eigenvalue weighted by Crippen LogP contribution is 2.23. The number of nitrogens with zero attached hydrogens (tertiary/aromatic N) is 1. The molecule has 1 aromatic heterocycles. The van der Waals surface area contributed by atoms with Gasteiger partial charge in [-0.1, -0.05) is 29.3 Å². The van der Waals surface area contributed by atoms with E-state index in [9.17, 15) is 4.79 Å². The van der Waals surface area contributed by atoms with Gasteiger partial charge in [-0.3, -0.25) is 4.79 Å². The van der Waals surface area contributed by atoms with Gasteiger partial charge < -0.3 is 10.7 Å². The van der Waals surface area contributed by atoms with Gasteiger partial charge in [0.15, 0.2) is 0 Å². The Kier molecular flexibility index (Phi) is 3.59. The molecule has 6 heteroatoms. The zero-order valence-corrected chi connectivity index (χ0v) is 11.1. The van der Waals surface area contributed by atoms with Crippen molar-refractivity contribution in [2.75, 3.05) is 5.73 Å². The predicted octanol–water partition coefficient (Wildman–Crippen LogP) is 2.56. The summed E-state index contributed by atoms with van der Waals surface area (Å²) in [6.07, 6.45) is 0.441. The van der Waals surface area contributed by atoms with Crippen molar-refractivity contribution >= 4 is 29.0 Å². The average Bonchev–Trinajstić information content (AvgIpc) is 2.31. The molecular weight excluding hydrogens is 273 g/mol. The summed E-state index contributed by atoms with van der Waals surface area (Å²) in [5.41, 5.74) is 6.75. The number of anilines is 1. The van der Waals surface area contributed by atoms with Crippen LogP contribution in [0.3, 0.4) is 0 Å². The lowest BCUT2D eigenvalue weighted by Gasteiger charge is -2.05. The normalized spacial score (nSPS) is 10.6. The summed E-state index contributed by atoms with van der Waals surface area (Å²) in [5, 5.41) is 0.960. The molecule has 0 radical (unpaired) electrons. The van der Waals surface area contributed by atoms with E-state index < -0.39 is 0 Å². The molecule has 1 heterocycles. The first-order valence-corrected chi connectivity index (χ1v) is 6.02. The van der Waals surface area contributed by atoms with Gasteiger partial charge in [0.1, 0.15) is 11.6 Å². The third kappa shape index (κ3) is 2.66. The predicted molar refractivity (Wildman–Crippen MR) is 73.3 cm³/mol. The minimum Gasteiger partial charge on any atom is -0.383 e. The molecule has 2 aromatic rings. The molecule has 0 aliphatic rings. The van der Waals surface area contributed by atoms with Crippen LogP contribution in [-0.4, -0.2) is 9.97 Å². The van der Waals surface area contributed by atoms with Crippen molar-refractivity contribution in [3.05, 3.63) is 55.5 Å². The molecule has 0 aliphatic heterocycles. The van der Waals surface area contributed by atoms with Crippen molar-refractivity contribution in [3.63, 3.8) is 0 Å². The number of rotatable bonds is 2. The topological polar surface area (TPSA) is 71.8 Å². The van der Waals surface area contributed by atoms with Gasteiger partial charge in [-0.15, -0.1) is 0 Å². The minimum atomic E-state index is -0.224. The van der Waals surface area contributed by atoms with Gasteiger partial charge in [-0.25, -0.2) is 4.98 Å². The Morgan fingerprint density at radius 3 is 2.67 bits per heavy atom. The Labute approximate surface area is 114 Å². The average molecular weight is 284 g/mol. The SMILES string of the molecule is Cc1c(N)nc(Cc2ccc(Cl)c(Cl)c2)[nH]c1=O. The van der Waals surface area contributed by atoms with E-state index in [4.69, 9.17) is 28.9 Å². The van der Waals surface area contributed by atoms with Crippen LogP contribution in [0.5, 0.6) is 0 Å². The number of nitrogens with one attached hydrogen (secondary N) is 1. The molecule has 0 aliphatic carbocycles. The third-order valence-corrected chi connectivity index (χ3v) is 3.33. The lowest BCUT2D eigenvalue weighted by molar-refractivity contribution is 0.938. The fourth-order valence-corrected chi connectivity index (χ4v) is 1.85. The van der Waals surface area contributed by atoms with Crippen molar-refractivity contribution in [2.24, 2.45) is 0 Å². The van der Waals surface area contributed by atoms with Gasteiger partial charge >= 0.3 is 0 Å². The lowest BCUT2D eigenvalue weighted by Crippen LogP contribution is -2.17. The Balaban J connectivity index is 2.34. The summed E-state index contributed by atoms with van der Waals surface area (Å²) in [6, 6.07) is 5.26. The molecule has 0 saturated carbocycles. The highest BCUT2D eigenvalue weighted by molar-refractivity contribution is 6.42. The quantitative estimate of drug-likeness (QED) is 0.890. The Morgan fingerprint density at radius 1 is 1.33 bits per heavy atom. The summed E-state index contributed by atoms with van der Waals surface area (Å²) in [6.45, 7) is 1.63. The Bertz CT molecular complexity index is 652. The first-order chi connectivity index (χ1) is 8.47. The van der Waals surface area contributed by atoms with Crippen LogP contribution in [0.2, 0.25) is 10.0 Å². The van der Waals surface area contributed by atoms with Crippen LogP contribution in [0.1, 0.15) is 17.0 Å². The van der Waals surface area contributed by atoms with Gasteiger partial charge in [0.25, 0.3) is 5.56 Å². The number of hydrogen-bond donors (Lipinski definition) is 2. The smallest absolute Gasteiger partial charge is 0.255 e. The molecule has 2 rings (SSSR count). The molecule has 0 bridgehead atoms. The molecule has 1 aromatic carbocycles. The molecule has 0 fully saturated rings. The summed E-state index contributed by atoms with van der Waals surface area (Å²) >= 11 is 11.7. The van der Waals surface area contributed by atoms with E-state index >= 15 is 0 Å². The summed E-state index contributed by atoms with van der Waals surface area (Å²) < 4.78 is 0. The van der Waals surface area contributed by atoms with Gasteiger partial charge in [-0.2, -0.15) is 0 Å². The van der Waals surface area contributed by atoms with Crippen molar-refractivity contribution < 1.29 is 0 Å². The molecular formula is C12H11Cl2N3O. The largest absolute Gasteiger partial charge is 0.383 e. The zero-order valence-electron chi connectivity index (χ0n) is 9.63. The summed E-state index contributed by atoms with van der Waals surface area (Å²) in [5.74, 6) is 0.746. The first-order valence-electron chi connectivity index (χ1n) is 5.26. The fourth-order valence-electron chi connectivity index (χ4n) is 1.52. The van der Waals surface area contributed by atoms with Crippen LogP contribution in [-0.2, 0) is 6.42 Å². The van der Waals surface area contributed by atoms with Crippen LogP contribution in [0.4, 0.5) is 5.82 Å². The maximum Gasteiger partial charge on any atom is 0.255 e. The van der Waals surface area contributed by atoms with Gasteiger partial charge in [0.05, 0.1) is 15.6 Å². The maximum absolute atomic E-state index is 11.5. The monoisotopic (exact) mass is 283 g/mol. The van der Waals surface area contributed by atoms with E-state index in [1.165, 1.54) is 0 Å². The number of benzene rings is 1. The van der Waals surface area contributed by atoms with Crippen LogP contribution >= 0.6 is 23.2 Å². The number of nitrogen functional groups attached to an aromatic ring is 1. The van der Waals surface area contributed by atoms with E-state index in [1.807, 2.05) is 6.07 Å². The van der Waals surface area contributed by atoms with E-state index in [-0.39, 0.29) is 11.4 Å². The number of H-pyrrole nitrogens is 1. The third-order valence-electron chi connectivity index (χ3n) is 2.59. The number of aromatic amines is 1. The molecule has 0 unspecified atom stereocenters. The Hall–Kier alpha value is -1.52. The van der Waals surface area contributed by atoms with Gasteiger partial charge in [0, 0.05) is 6.42 Å². The zero-order chi connectivity index (χ0) is 13.3. The van der Waals surface area contributed by atoms with E-state index in [0.29, 0.717) is 27.9 Å². The van der Waals surface area contributed by atoms with E-state index in [2.05, 4.69) is 9.97 Å². The van der Waals surface area contributed by atoms with Crippen LogP contribution in [0.15, 0.2) is 23.0 Å². The van der Waals surface area contributed by atoms with Crippen LogP contribution in [0.25, 0.3) is 0 Å². The second-order valence-corrected chi connectivity index (χ2v) is 4.76. The molecule has 0 saturated heterocycles. The number of hydrogen-bond acceptors (Lipinski definition) is 3. The van der Waals surface area contributed by atoms with Gasteiger partial charge in [-0.05, 0) is 24.6 Å². The molecule has 18 heavy (non-hydrogen) atoms. The first kappa shape index (κ1) is 12.9. The highest BCUT2D eigenvalue weighted by atomic mass is 35.5. The summed E-state index contributed by atoms with van der Waals surface area (Å²) in [7, 11) is 0. The number of halogens is 2. The molecule has 0 spiro atoms. The second-order valence-electron chi connectivity index (χ2n) is 3.95. The van der Waals surface area contributed by atoms with Crippen molar-refractivity contribution in [1.29, 1.82) is 0 Å². The van der Waals surface area contributed by atoms with Crippen LogP contribution < -0.4 is 11.3 Å². The molecule has 0 atom stereocenters. The highest BCUT2D eigenvalue weighted by Gasteiger charge is 2.06. The van der Waals surface area contributed by atoms with E-state index in [1.54, 1.807) is 19.1 Å². The van der Waals surface area contributed by atoms with Crippen molar-refractivity contribution in [1.82, 2.24) is 9.97 Å². The number of nitrogens with two attached hydrogens (primary N) is 1. The molecule has 0 amide bonds. The second kappa shape index (κ2) is 5.00. The molecule has 94 valence electrons.